The van der Waals surface area contributed by atoms with Crippen molar-refractivity contribution in [3.05, 3.63) is 35.8 Å². The highest BCUT2D eigenvalue weighted by Gasteiger charge is 2.31. The lowest BCUT2D eigenvalue weighted by molar-refractivity contribution is 0.313. The molecule has 118 valence electrons. The Morgan fingerprint density at radius 2 is 2.41 bits per heavy atom. The fraction of sp³-hybridized carbons (Fsp3) is 0.600. The summed E-state index contributed by atoms with van der Waals surface area (Å²) in [6.45, 7) is 4.79. The monoisotopic (exact) mass is 302 g/mol. The number of fused-ring (bicyclic) bond motifs is 1. The maximum atomic E-state index is 5.77. The van der Waals surface area contributed by atoms with Crippen LogP contribution in [0.1, 0.15) is 29.8 Å². The van der Waals surface area contributed by atoms with E-state index in [0.717, 1.165) is 49.8 Å². The van der Waals surface area contributed by atoms with E-state index in [4.69, 9.17) is 4.42 Å². The second-order valence-electron chi connectivity index (χ2n) is 6.21. The molecule has 2 aliphatic rings. The van der Waals surface area contributed by atoms with Gasteiger partial charge >= 0.3 is 0 Å². The molecule has 3 unspecified atom stereocenters. The Bertz CT molecular complexity index is 636. The lowest BCUT2D eigenvalue weighted by atomic mass is 9.98. The summed E-state index contributed by atoms with van der Waals surface area (Å²) >= 11 is 0. The van der Waals surface area contributed by atoms with Crippen LogP contribution in [0, 0.1) is 12.8 Å². The van der Waals surface area contributed by atoms with Crippen LogP contribution in [-0.2, 0) is 13.0 Å². The maximum Gasteiger partial charge on any atom is 0.138 e. The molecule has 0 bridgehead atoms. The van der Waals surface area contributed by atoms with Crippen molar-refractivity contribution >= 4 is 0 Å². The summed E-state index contributed by atoms with van der Waals surface area (Å²) in [7, 11) is 0. The van der Waals surface area contributed by atoms with Crippen LogP contribution < -0.4 is 16.2 Å². The Labute approximate surface area is 129 Å². The summed E-state index contributed by atoms with van der Waals surface area (Å²) in [5.41, 5.74) is 6.58. The van der Waals surface area contributed by atoms with Crippen LogP contribution in [0.15, 0.2) is 22.9 Å². The average molecular weight is 302 g/mol. The molecule has 1 fully saturated rings. The molecule has 2 aromatic rings. The molecule has 4 rings (SSSR count). The highest BCUT2D eigenvalue weighted by atomic mass is 16.3. The molecule has 0 aliphatic carbocycles. The van der Waals surface area contributed by atoms with Crippen molar-refractivity contribution in [3.63, 3.8) is 0 Å². The predicted molar refractivity (Wildman–Crippen MR) is 80.9 cm³/mol. The van der Waals surface area contributed by atoms with E-state index in [2.05, 4.69) is 32.3 Å². The number of nitrogens with zero attached hydrogens (tertiary/aromatic N) is 3. The first-order valence-corrected chi connectivity index (χ1v) is 7.94. The van der Waals surface area contributed by atoms with Gasteiger partial charge < -0.3 is 9.73 Å². The van der Waals surface area contributed by atoms with Gasteiger partial charge in [-0.25, -0.2) is 15.1 Å². The van der Waals surface area contributed by atoms with Gasteiger partial charge in [0.1, 0.15) is 23.7 Å². The van der Waals surface area contributed by atoms with Gasteiger partial charge in [0, 0.05) is 31.5 Å². The van der Waals surface area contributed by atoms with Gasteiger partial charge in [-0.2, -0.15) is 5.10 Å². The number of rotatable bonds is 4. The van der Waals surface area contributed by atoms with Crippen LogP contribution in [-0.4, -0.2) is 33.9 Å². The van der Waals surface area contributed by atoms with E-state index >= 15 is 0 Å². The van der Waals surface area contributed by atoms with Crippen molar-refractivity contribution in [3.8, 4) is 0 Å². The molecule has 3 atom stereocenters. The lowest BCUT2D eigenvalue weighted by Crippen LogP contribution is -2.41. The van der Waals surface area contributed by atoms with E-state index in [1.54, 1.807) is 6.33 Å². The van der Waals surface area contributed by atoms with Gasteiger partial charge in [-0.1, -0.05) is 0 Å². The van der Waals surface area contributed by atoms with Gasteiger partial charge in [-0.05, 0) is 25.5 Å². The van der Waals surface area contributed by atoms with Crippen LogP contribution in [0.2, 0.25) is 0 Å². The third kappa shape index (κ3) is 2.67. The third-order valence-corrected chi connectivity index (χ3v) is 4.64. The van der Waals surface area contributed by atoms with Crippen LogP contribution >= 0.6 is 0 Å². The standard InChI is InChI=1S/C15H22N6O/c1-10-2-4-13(22-10)15-11(7-18-20-15)6-16-12-3-5-14-17-9-19-21(14)8-12/h2,4,9,11-12,15-16,18,20H,3,5-8H2,1H3. The first-order valence-electron chi connectivity index (χ1n) is 7.94. The zero-order chi connectivity index (χ0) is 14.9. The molecule has 0 saturated carbocycles. The highest BCUT2D eigenvalue weighted by molar-refractivity contribution is 5.12. The molecule has 7 heteroatoms. The molecule has 0 radical (unpaired) electrons. The zero-order valence-corrected chi connectivity index (χ0v) is 12.7. The van der Waals surface area contributed by atoms with E-state index in [1.165, 1.54) is 0 Å². The summed E-state index contributed by atoms with van der Waals surface area (Å²) in [6.07, 6.45) is 3.77. The predicted octanol–water partition coefficient (Wildman–Crippen LogP) is 0.549. The van der Waals surface area contributed by atoms with Crippen molar-refractivity contribution in [2.45, 2.75) is 38.4 Å². The molecule has 2 aromatic heterocycles. The smallest absolute Gasteiger partial charge is 0.138 e. The number of furan rings is 1. The van der Waals surface area contributed by atoms with E-state index in [9.17, 15) is 0 Å². The van der Waals surface area contributed by atoms with Crippen molar-refractivity contribution < 1.29 is 4.42 Å². The Balaban J connectivity index is 1.35. The van der Waals surface area contributed by atoms with Gasteiger partial charge in [0.25, 0.3) is 0 Å². The molecular formula is C15H22N6O. The molecule has 1 saturated heterocycles. The quantitative estimate of drug-likeness (QED) is 0.765. The minimum absolute atomic E-state index is 0.228. The topological polar surface area (TPSA) is 79.9 Å². The summed E-state index contributed by atoms with van der Waals surface area (Å²) in [6, 6.07) is 4.78. The average Bonchev–Trinajstić information content (AvgIpc) is 3.24. The normalized spacial score (nSPS) is 28.0. The Morgan fingerprint density at radius 3 is 3.27 bits per heavy atom. The number of nitrogens with one attached hydrogen (secondary N) is 3. The number of hydrogen-bond acceptors (Lipinski definition) is 6. The number of hydrogen-bond donors (Lipinski definition) is 3. The van der Waals surface area contributed by atoms with Gasteiger partial charge in [0.2, 0.25) is 0 Å². The SMILES string of the molecule is Cc1ccc(C2NNCC2CNC2CCc3ncnn3C2)o1. The Kier molecular flexibility index (Phi) is 3.69. The maximum absolute atomic E-state index is 5.77. The van der Waals surface area contributed by atoms with E-state index in [0.29, 0.717) is 12.0 Å². The lowest BCUT2D eigenvalue weighted by Gasteiger charge is -2.26. The second-order valence-corrected chi connectivity index (χ2v) is 6.21. The molecule has 7 nitrogen and oxygen atoms in total. The second kappa shape index (κ2) is 5.83. The summed E-state index contributed by atoms with van der Waals surface area (Å²) in [4.78, 5) is 4.27. The summed E-state index contributed by atoms with van der Waals surface area (Å²) in [5, 5.41) is 7.97. The molecule has 22 heavy (non-hydrogen) atoms. The van der Waals surface area contributed by atoms with Crippen molar-refractivity contribution in [1.29, 1.82) is 0 Å². The molecule has 0 spiro atoms. The van der Waals surface area contributed by atoms with Crippen LogP contribution in [0.5, 0.6) is 0 Å². The van der Waals surface area contributed by atoms with Crippen molar-refractivity contribution in [2.75, 3.05) is 13.1 Å². The van der Waals surface area contributed by atoms with Gasteiger partial charge in [0.05, 0.1) is 12.6 Å². The highest BCUT2D eigenvalue weighted by Crippen LogP contribution is 2.26. The number of hydrazine groups is 1. The molecule has 2 aliphatic heterocycles. The molecule has 3 N–H and O–H groups in total. The van der Waals surface area contributed by atoms with Crippen molar-refractivity contribution in [2.24, 2.45) is 5.92 Å². The first-order chi connectivity index (χ1) is 10.8. The number of aromatic nitrogens is 3. The molecule has 0 aromatic carbocycles. The number of aryl methyl sites for hydroxylation is 2. The zero-order valence-electron chi connectivity index (χ0n) is 12.7. The van der Waals surface area contributed by atoms with E-state index < -0.39 is 0 Å². The summed E-state index contributed by atoms with van der Waals surface area (Å²) in [5.74, 6) is 3.55. The molecule has 0 amide bonds. The minimum atomic E-state index is 0.228. The third-order valence-electron chi connectivity index (χ3n) is 4.64. The van der Waals surface area contributed by atoms with Gasteiger partial charge in [-0.3, -0.25) is 5.43 Å². The Morgan fingerprint density at radius 1 is 1.45 bits per heavy atom. The fourth-order valence-corrected chi connectivity index (χ4v) is 3.37. The van der Waals surface area contributed by atoms with Crippen LogP contribution in [0.25, 0.3) is 0 Å². The van der Waals surface area contributed by atoms with Crippen molar-refractivity contribution in [1.82, 2.24) is 30.9 Å². The fourth-order valence-electron chi connectivity index (χ4n) is 3.37. The van der Waals surface area contributed by atoms with Crippen LogP contribution in [0.3, 0.4) is 0 Å². The minimum Gasteiger partial charge on any atom is -0.465 e. The van der Waals surface area contributed by atoms with E-state index in [-0.39, 0.29) is 6.04 Å². The van der Waals surface area contributed by atoms with Crippen LogP contribution in [0.4, 0.5) is 0 Å². The Hall–Kier alpha value is -1.70. The largest absolute Gasteiger partial charge is 0.465 e. The first kappa shape index (κ1) is 13.9. The molecule has 4 heterocycles. The van der Waals surface area contributed by atoms with Gasteiger partial charge in [-0.15, -0.1) is 0 Å². The molecular weight excluding hydrogens is 280 g/mol. The van der Waals surface area contributed by atoms with E-state index in [1.807, 2.05) is 17.7 Å². The van der Waals surface area contributed by atoms with Gasteiger partial charge in [0.15, 0.2) is 0 Å². The summed E-state index contributed by atoms with van der Waals surface area (Å²) < 4.78 is 7.79.